The molecule has 7 heteroatoms. The highest BCUT2D eigenvalue weighted by Gasteiger charge is 2.59. The van der Waals surface area contributed by atoms with Crippen LogP contribution in [0.15, 0.2) is 48.1 Å². The molecule has 35 heavy (non-hydrogen) atoms. The summed E-state index contributed by atoms with van der Waals surface area (Å²) in [6.07, 6.45) is 3.24. The van der Waals surface area contributed by atoms with E-state index in [9.17, 15) is 4.79 Å². The quantitative estimate of drug-likeness (QED) is 0.237. The van der Waals surface area contributed by atoms with Crippen molar-refractivity contribution < 1.29 is 28.2 Å². The number of fused-ring (bicyclic) bond motifs is 4. The zero-order valence-corrected chi connectivity index (χ0v) is 22.1. The molecule has 0 amide bonds. The number of carbonyl (C=O) groups excluding carboxylic acids is 1. The van der Waals surface area contributed by atoms with Crippen LogP contribution in [0.2, 0.25) is 18.1 Å². The Hall–Kier alpha value is -2.97. The zero-order valence-electron chi connectivity index (χ0n) is 21.1. The molecule has 0 radical (unpaired) electrons. The van der Waals surface area contributed by atoms with Gasteiger partial charge in [-0.3, -0.25) is 0 Å². The van der Waals surface area contributed by atoms with Gasteiger partial charge in [-0.2, -0.15) is 0 Å². The van der Waals surface area contributed by atoms with Crippen LogP contribution in [0.5, 0.6) is 5.75 Å². The second-order valence-corrected chi connectivity index (χ2v) is 15.2. The molecule has 1 fully saturated rings. The Morgan fingerprint density at radius 3 is 2.54 bits per heavy atom. The average molecular weight is 493 g/mol. The van der Waals surface area contributed by atoms with E-state index in [2.05, 4.69) is 57.5 Å². The number of allylic oxidation sites excluding steroid dienone is 2. The van der Waals surface area contributed by atoms with Crippen LogP contribution in [0.1, 0.15) is 32.8 Å². The van der Waals surface area contributed by atoms with Crippen LogP contribution in [0.3, 0.4) is 0 Å². The van der Waals surface area contributed by atoms with Crippen molar-refractivity contribution >= 4 is 14.5 Å². The van der Waals surface area contributed by atoms with Gasteiger partial charge in [0, 0.05) is 6.42 Å². The van der Waals surface area contributed by atoms with Gasteiger partial charge in [0.05, 0.1) is 13.7 Å². The number of methoxy groups -OCH3 is 1. The van der Waals surface area contributed by atoms with Gasteiger partial charge < -0.3 is 23.4 Å². The summed E-state index contributed by atoms with van der Waals surface area (Å²) in [6, 6.07) is 7.63. The van der Waals surface area contributed by atoms with Gasteiger partial charge in [0.15, 0.2) is 14.4 Å². The number of rotatable bonds is 6. The second kappa shape index (κ2) is 9.58. The molecule has 3 aliphatic carbocycles. The number of carbonyl (C=O) groups is 1. The summed E-state index contributed by atoms with van der Waals surface area (Å²) in [7, 11) is -0.527. The molecule has 0 N–H and O–H groups in total. The molecule has 0 aromatic heterocycles. The van der Waals surface area contributed by atoms with Crippen molar-refractivity contribution in [2.24, 2.45) is 0 Å². The first-order chi connectivity index (χ1) is 16.5. The summed E-state index contributed by atoms with van der Waals surface area (Å²) in [5.41, 5.74) is 0.621. The molecule has 6 nitrogen and oxygen atoms in total. The molecule has 4 aliphatic rings. The molecule has 184 valence electrons. The molecular weight excluding hydrogens is 460 g/mol. The van der Waals surface area contributed by atoms with E-state index < -0.39 is 38.4 Å². The summed E-state index contributed by atoms with van der Waals surface area (Å²) in [6.45, 7) is 11.3. The van der Waals surface area contributed by atoms with Crippen LogP contribution in [-0.4, -0.2) is 45.5 Å². The summed E-state index contributed by atoms with van der Waals surface area (Å²) < 4.78 is 29.6. The minimum atomic E-state index is -2.15. The standard InChI is InChI=1S/C28H32O6Si/c1-27(2,3)35(5,6)34-23-11-9-7-8-10-16-28-24(17-21(23)18-25(28)32-26(29)33-28)31-19-20-12-14-22(30-4)15-13-20/h7-8,12-15,17,23-25H,18-19H2,1-6H3/b8-7-/t23-,24?,25+,28-/m0/s1. The maximum atomic E-state index is 12.3. The van der Waals surface area contributed by atoms with E-state index in [1.165, 1.54) is 0 Å². The average Bonchev–Trinajstić information content (AvgIpc) is 3.11. The highest BCUT2D eigenvalue weighted by atomic mass is 28.4. The second-order valence-electron chi connectivity index (χ2n) is 10.4. The van der Waals surface area contributed by atoms with Crippen LogP contribution >= 0.6 is 0 Å². The van der Waals surface area contributed by atoms with Crippen molar-refractivity contribution in [2.75, 3.05) is 7.11 Å². The lowest BCUT2D eigenvalue weighted by Gasteiger charge is -2.41. The van der Waals surface area contributed by atoms with Gasteiger partial charge in [0.2, 0.25) is 5.60 Å². The van der Waals surface area contributed by atoms with Crippen LogP contribution in [0, 0.1) is 23.7 Å². The van der Waals surface area contributed by atoms with Crippen molar-refractivity contribution in [2.45, 2.75) is 75.8 Å². The molecule has 1 saturated heterocycles. The Bertz CT molecular complexity index is 1150. The lowest BCUT2D eigenvalue weighted by Crippen LogP contribution is -2.53. The molecule has 1 unspecified atom stereocenters. The molecule has 0 saturated carbocycles. The van der Waals surface area contributed by atoms with Crippen LogP contribution < -0.4 is 4.74 Å². The first-order valence-corrected chi connectivity index (χ1v) is 14.7. The Morgan fingerprint density at radius 1 is 1.14 bits per heavy atom. The predicted molar refractivity (Wildman–Crippen MR) is 135 cm³/mol. The number of benzene rings is 1. The fourth-order valence-corrected chi connectivity index (χ4v) is 5.10. The first-order valence-electron chi connectivity index (χ1n) is 11.8. The van der Waals surface area contributed by atoms with E-state index in [1.807, 2.05) is 30.3 Å². The Kier molecular flexibility index (Phi) is 6.88. The topological polar surface area (TPSA) is 63.2 Å². The van der Waals surface area contributed by atoms with Crippen LogP contribution in [0.25, 0.3) is 0 Å². The van der Waals surface area contributed by atoms with Crippen molar-refractivity contribution in [3.63, 3.8) is 0 Å². The number of hydrogen-bond donors (Lipinski definition) is 0. The van der Waals surface area contributed by atoms with Gasteiger partial charge >= 0.3 is 6.16 Å². The molecule has 1 aromatic carbocycles. The molecule has 1 heterocycles. The maximum absolute atomic E-state index is 12.3. The summed E-state index contributed by atoms with van der Waals surface area (Å²) in [4.78, 5) is 12.3. The Labute approximate surface area is 208 Å². The van der Waals surface area contributed by atoms with Gasteiger partial charge in [0.25, 0.3) is 0 Å². The fourth-order valence-electron chi connectivity index (χ4n) is 3.95. The van der Waals surface area contributed by atoms with Gasteiger partial charge in [-0.1, -0.05) is 50.7 Å². The van der Waals surface area contributed by atoms with E-state index in [0.29, 0.717) is 13.0 Å². The van der Waals surface area contributed by atoms with Crippen molar-refractivity contribution in [3.8, 4) is 29.4 Å². The molecule has 2 bridgehead atoms. The monoisotopic (exact) mass is 492 g/mol. The van der Waals surface area contributed by atoms with Crippen molar-refractivity contribution in [1.82, 2.24) is 0 Å². The fraction of sp³-hybridized carbons (Fsp3) is 0.464. The maximum Gasteiger partial charge on any atom is 0.510 e. The third-order valence-corrected chi connectivity index (χ3v) is 11.5. The van der Waals surface area contributed by atoms with E-state index in [-0.39, 0.29) is 5.04 Å². The first kappa shape index (κ1) is 25.1. The Morgan fingerprint density at radius 2 is 1.86 bits per heavy atom. The lowest BCUT2D eigenvalue weighted by atomic mass is 9.79. The van der Waals surface area contributed by atoms with Gasteiger partial charge in [0.1, 0.15) is 18.0 Å². The minimum Gasteiger partial charge on any atom is -0.497 e. The van der Waals surface area contributed by atoms with Gasteiger partial charge in [-0.05, 0) is 65.6 Å². The largest absolute Gasteiger partial charge is 0.510 e. The van der Waals surface area contributed by atoms with E-state index in [4.69, 9.17) is 23.4 Å². The summed E-state index contributed by atoms with van der Waals surface area (Å²) >= 11 is 0. The van der Waals surface area contributed by atoms with Crippen LogP contribution in [0.4, 0.5) is 4.79 Å². The number of ether oxygens (including phenoxy) is 4. The Balaban J connectivity index is 1.71. The van der Waals surface area contributed by atoms with Crippen molar-refractivity contribution in [1.29, 1.82) is 0 Å². The van der Waals surface area contributed by atoms with Crippen molar-refractivity contribution in [3.05, 3.63) is 53.6 Å². The highest BCUT2D eigenvalue weighted by Crippen LogP contribution is 2.43. The molecule has 5 rings (SSSR count). The zero-order chi connectivity index (χ0) is 25.3. The van der Waals surface area contributed by atoms with E-state index in [0.717, 1.165) is 16.9 Å². The van der Waals surface area contributed by atoms with Crippen LogP contribution in [-0.2, 0) is 25.2 Å². The summed E-state index contributed by atoms with van der Waals surface area (Å²) in [5.74, 6) is 13.2. The van der Waals surface area contributed by atoms with Gasteiger partial charge in [-0.25, -0.2) is 4.79 Å². The molecule has 1 aromatic rings. The van der Waals surface area contributed by atoms with E-state index >= 15 is 0 Å². The SMILES string of the molecule is COc1ccc(COC2C=C3C[C@H]4OC(=O)O[C@@]24C#C/C=C\C#C[C@@H]3O[Si](C)(C)C(C)(C)C)cc1. The smallest absolute Gasteiger partial charge is 0.497 e. The molecular formula is C28H32O6Si. The molecule has 1 aliphatic heterocycles. The summed E-state index contributed by atoms with van der Waals surface area (Å²) in [5, 5.41) is 0.00598. The van der Waals surface area contributed by atoms with Gasteiger partial charge in [-0.15, -0.1) is 0 Å². The third-order valence-electron chi connectivity index (χ3n) is 7.05. The highest BCUT2D eigenvalue weighted by molar-refractivity contribution is 6.74. The molecule has 1 spiro atoms. The third kappa shape index (κ3) is 5.18. The normalized spacial score (nSPS) is 28.1. The lowest BCUT2D eigenvalue weighted by molar-refractivity contribution is -0.0676. The predicted octanol–water partition coefficient (Wildman–Crippen LogP) is 5.15. The molecule has 4 atom stereocenters. The minimum absolute atomic E-state index is 0.00598. The number of hydrogen-bond acceptors (Lipinski definition) is 6. The van der Waals surface area contributed by atoms with E-state index in [1.54, 1.807) is 19.3 Å².